The summed E-state index contributed by atoms with van der Waals surface area (Å²) in [4.78, 5) is 2.20. The van der Waals surface area contributed by atoms with Crippen molar-refractivity contribution in [1.82, 2.24) is 15.1 Å². The number of rotatable bonds is 4. The Morgan fingerprint density at radius 2 is 1.92 bits per heavy atom. The van der Waals surface area contributed by atoms with Gasteiger partial charge in [-0.3, -0.25) is 4.90 Å². The Bertz CT molecular complexity index is 885. The molecule has 1 fully saturated rings. The molecule has 26 heavy (non-hydrogen) atoms. The molecule has 0 saturated carbocycles. The van der Waals surface area contributed by atoms with Crippen molar-refractivity contribution in [3.8, 4) is 11.5 Å². The number of ether oxygens (including phenoxy) is 1. The van der Waals surface area contributed by atoms with Crippen LogP contribution in [0.5, 0.6) is 0 Å². The molecule has 0 aliphatic carbocycles. The maximum absolute atomic E-state index is 13.1. The second-order valence-electron chi connectivity index (χ2n) is 6.13. The number of hydrogen-bond acceptors (Lipinski definition) is 5. The number of benzene rings is 2. The molecule has 0 spiro atoms. The maximum Gasteiger partial charge on any atom is 0.248 e. The van der Waals surface area contributed by atoms with Crippen molar-refractivity contribution in [1.29, 1.82) is 0 Å². The minimum atomic E-state index is -0.244. The summed E-state index contributed by atoms with van der Waals surface area (Å²) in [7, 11) is 0. The Balaban J connectivity index is 1.44. The van der Waals surface area contributed by atoms with Crippen molar-refractivity contribution in [2.45, 2.75) is 12.6 Å². The van der Waals surface area contributed by atoms with Crippen LogP contribution in [-0.2, 0) is 11.3 Å². The van der Waals surface area contributed by atoms with Crippen LogP contribution in [-0.4, -0.2) is 34.8 Å². The van der Waals surface area contributed by atoms with Gasteiger partial charge in [-0.05, 0) is 45.8 Å². The molecular weight excluding hydrogens is 401 g/mol. The first kappa shape index (κ1) is 17.3. The fourth-order valence-corrected chi connectivity index (χ4v) is 3.43. The summed E-state index contributed by atoms with van der Waals surface area (Å²) < 4.78 is 25.7. The van der Waals surface area contributed by atoms with Crippen LogP contribution >= 0.6 is 15.9 Å². The van der Waals surface area contributed by atoms with Gasteiger partial charge in [0.25, 0.3) is 0 Å². The monoisotopic (exact) mass is 417 g/mol. The van der Waals surface area contributed by atoms with Crippen LogP contribution in [0.1, 0.15) is 17.6 Å². The quantitative estimate of drug-likeness (QED) is 0.636. The third-order valence-electron chi connectivity index (χ3n) is 4.32. The van der Waals surface area contributed by atoms with Crippen molar-refractivity contribution in [3.05, 3.63) is 70.3 Å². The van der Waals surface area contributed by atoms with Crippen molar-refractivity contribution in [3.63, 3.8) is 0 Å². The van der Waals surface area contributed by atoms with Gasteiger partial charge in [-0.2, -0.15) is 0 Å². The molecular formula is C19H17BrFN3O2. The maximum atomic E-state index is 13.1. The number of aromatic nitrogens is 2. The molecule has 1 aromatic heterocycles. The van der Waals surface area contributed by atoms with Crippen molar-refractivity contribution in [2.75, 3.05) is 19.7 Å². The number of halogens is 2. The predicted molar refractivity (Wildman–Crippen MR) is 97.8 cm³/mol. The minimum absolute atomic E-state index is 0.0880. The minimum Gasteiger partial charge on any atom is -0.419 e. The molecule has 2 aromatic carbocycles. The molecule has 0 amide bonds. The normalized spacial score (nSPS) is 18.2. The molecule has 7 heteroatoms. The van der Waals surface area contributed by atoms with E-state index in [0.29, 0.717) is 31.5 Å². The molecule has 0 N–H and O–H groups in total. The van der Waals surface area contributed by atoms with Gasteiger partial charge in [0.2, 0.25) is 11.8 Å². The van der Waals surface area contributed by atoms with Gasteiger partial charge in [-0.15, -0.1) is 10.2 Å². The summed E-state index contributed by atoms with van der Waals surface area (Å²) in [5.41, 5.74) is 1.84. The Morgan fingerprint density at radius 1 is 1.12 bits per heavy atom. The van der Waals surface area contributed by atoms with E-state index >= 15 is 0 Å². The Hall–Kier alpha value is -2.09. The average Bonchev–Trinajstić information content (AvgIpc) is 3.11. The van der Waals surface area contributed by atoms with Gasteiger partial charge in [0.1, 0.15) is 5.82 Å². The smallest absolute Gasteiger partial charge is 0.248 e. The van der Waals surface area contributed by atoms with E-state index < -0.39 is 0 Å². The highest BCUT2D eigenvalue weighted by molar-refractivity contribution is 9.10. The summed E-state index contributed by atoms with van der Waals surface area (Å²) in [6.45, 7) is 2.63. The molecule has 1 aliphatic heterocycles. The topological polar surface area (TPSA) is 51.4 Å². The summed E-state index contributed by atoms with van der Waals surface area (Å²) in [6.07, 6.45) is -0.0880. The summed E-state index contributed by atoms with van der Waals surface area (Å²) in [5, 5.41) is 8.32. The lowest BCUT2D eigenvalue weighted by molar-refractivity contribution is -0.0351. The standard InChI is InChI=1S/C19H17BrFN3O2/c20-16-4-2-1-3-15(16)19-23-22-18(26-19)12-24-9-10-25-17(11-24)13-5-7-14(21)8-6-13/h1-8,17H,9-12H2. The molecule has 1 atom stereocenters. The van der Waals surface area contributed by atoms with Gasteiger partial charge in [0.15, 0.2) is 0 Å². The van der Waals surface area contributed by atoms with E-state index in [4.69, 9.17) is 9.15 Å². The van der Waals surface area contributed by atoms with Crippen LogP contribution in [0.3, 0.4) is 0 Å². The molecule has 1 saturated heterocycles. The lowest BCUT2D eigenvalue weighted by Gasteiger charge is -2.32. The van der Waals surface area contributed by atoms with Crippen molar-refractivity contribution in [2.24, 2.45) is 0 Å². The SMILES string of the molecule is Fc1ccc(C2CN(Cc3nnc(-c4ccccc4Br)o3)CCO2)cc1. The van der Waals surface area contributed by atoms with Crippen LogP contribution in [0, 0.1) is 5.82 Å². The third kappa shape index (κ3) is 3.85. The van der Waals surface area contributed by atoms with Gasteiger partial charge >= 0.3 is 0 Å². The van der Waals surface area contributed by atoms with Gasteiger partial charge in [-0.25, -0.2) is 4.39 Å². The predicted octanol–water partition coefficient (Wildman–Crippen LogP) is 4.21. The Kier molecular flexibility index (Phi) is 5.10. The summed E-state index contributed by atoms with van der Waals surface area (Å²) >= 11 is 3.50. The van der Waals surface area contributed by atoms with E-state index in [0.717, 1.165) is 22.1 Å². The second-order valence-corrected chi connectivity index (χ2v) is 6.98. The molecule has 5 nitrogen and oxygen atoms in total. The summed E-state index contributed by atoms with van der Waals surface area (Å²) in [6, 6.07) is 14.2. The van der Waals surface area contributed by atoms with Gasteiger partial charge in [0.05, 0.1) is 24.8 Å². The largest absolute Gasteiger partial charge is 0.419 e. The van der Waals surface area contributed by atoms with Crippen molar-refractivity contribution >= 4 is 15.9 Å². The van der Waals surface area contributed by atoms with E-state index in [-0.39, 0.29) is 11.9 Å². The van der Waals surface area contributed by atoms with E-state index in [9.17, 15) is 4.39 Å². The zero-order valence-corrected chi connectivity index (χ0v) is 15.5. The van der Waals surface area contributed by atoms with Gasteiger partial charge < -0.3 is 9.15 Å². The zero-order chi connectivity index (χ0) is 17.9. The molecule has 134 valence electrons. The highest BCUT2D eigenvalue weighted by Gasteiger charge is 2.24. The molecule has 3 aromatic rings. The number of nitrogens with zero attached hydrogens (tertiary/aromatic N) is 3. The highest BCUT2D eigenvalue weighted by Crippen LogP contribution is 2.28. The van der Waals surface area contributed by atoms with Gasteiger partial charge in [0, 0.05) is 17.6 Å². The van der Waals surface area contributed by atoms with Crippen LogP contribution in [0.15, 0.2) is 57.4 Å². The molecule has 0 radical (unpaired) electrons. The first-order chi connectivity index (χ1) is 12.7. The van der Waals surface area contributed by atoms with E-state index in [1.54, 1.807) is 12.1 Å². The van der Waals surface area contributed by atoms with E-state index in [1.807, 2.05) is 24.3 Å². The van der Waals surface area contributed by atoms with Crippen LogP contribution < -0.4 is 0 Å². The van der Waals surface area contributed by atoms with E-state index in [1.165, 1.54) is 12.1 Å². The fraction of sp³-hybridized carbons (Fsp3) is 0.263. The Labute approximate surface area is 158 Å². The average molecular weight is 418 g/mol. The van der Waals surface area contributed by atoms with Crippen LogP contribution in [0.2, 0.25) is 0 Å². The fourth-order valence-electron chi connectivity index (χ4n) is 2.98. The number of hydrogen-bond donors (Lipinski definition) is 0. The third-order valence-corrected chi connectivity index (χ3v) is 5.01. The van der Waals surface area contributed by atoms with Crippen molar-refractivity contribution < 1.29 is 13.5 Å². The Morgan fingerprint density at radius 3 is 2.73 bits per heavy atom. The number of morpholine rings is 1. The lowest BCUT2D eigenvalue weighted by atomic mass is 10.1. The molecule has 4 rings (SSSR count). The molecule has 2 heterocycles. The molecule has 1 aliphatic rings. The first-order valence-electron chi connectivity index (χ1n) is 8.36. The molecule has 1 unspecified atom stereocenters. The highest BCUT2D eigenvalue weighted by atomic mass is 79.9. The van der Waals surface area contributed by atoms with E-state index in [2.05, 4.69) is 31.0 Å². The zero-order valence-electron chi connectivity index (χ0n) is 13.9. The first-order valence-corrected chi connectivity index (χ1v) is 9.15. The lowest BCUT2D eigenvalue weighted by Crippen LogP contribution is -2.37. The van der Waals surface area contributed by atoms with Gasteiger partial charge in [-0.1, -0.05) is 24.3 Å². The second kappa shape index (κ2) is 7.65. The summed E-state index contributed by atoms with van der Waals surface area (Å²) in [5.74, 6) is 0.818. The van der Waals surface area contributed by atoms with Crippen LogP contribution in [0.4, 0.5) is 4.39 Å². The molecule has 0 bridgehead atoms. The van der Waals surface area contributed by atoms with Crippen LogP contribution in [0.25, 0.3) is 11.5 Å².